The molecule has 0 spiro atoms. The lowest BCUT2D eigenvalue weighted by Gasteiger charge is -2.34. The van der Waals surface area contributed by atoms with E-state index in [2.05, 4.69) is 19.9 Å². The van der Waals surface area contributed by atoms with Gasteiger partial charge in [0.25, 0.3) is 5.91 Å². The number of H-pyrrole nitrogens is 1. The van der Waals surface area contributed by atoms with Crippen LogP contribution in [0.25, 0.3) is 0 Å². The van der Waals surface area contributed by atoms with Gasteiger partial charge in [-0.1, -0.05) is 0 Å². The second-order valence-electron chi connectivity index (χ2n) is 5.94. The number of hydrogen-bond acceptors (Lipinski definition) is 6. The molecule has 0 atom stereocenters. The highest BCUT2D eigenvalue weighted by Gasteiger charge is 2.28. The van der Waals surface area contributed by atoms with Gasteiger partial charge >= 0.3 is 5.97 Å². The zero-order valence-corrected chi connectivity index (χ0v) is 14.6. The first-order valence-electron chi connectivity index (χ1n) is 8.11. The number of nitrogens with zero attached hydrogens (tertiary/aromatic N) is 4. The largest absolute Gasteiger partial charge is 0.465 e. The summed E-state index contributed by atoms with van der Waals surface area (Å²) < 4.78 is 4.80. The van der Waals surface area contributed by atoms with Gasteiger partial charge in [-0.3, -0.25) is 4.79 Å². The highest BCUT2D eigenvalue weighted by Crippen LogP contribution is 2.21. The quantitative estimate of drug-likeness (QED) is 0.841. The van der Waals surface area contributed by atoms with Crippen LogP contribution in [-0.2, 0) is 4.74 Å². The van der Waals surface area contributed by atoms with Gasteiger partial charge in [0.05, 0.1) is 12.7 Å². The Bertz CT molecular complexity index is 779. The number of anilines is 1. The Hall–Kier alpha value is -2.90. The fraction of sp³-hybridized carbons (Fsp3) is 0.412. The Balaban J connectivity index is 1.72. The molecule has 3 heterocycles. The van der Waals surface area contributed by atoms with Gasteiger partial charge in [0.1, 0.15) is 5.69 Å². The van der Waals surface area contributed by atoms with Crippen molar-refractivity contribution in [2.75, 3.05) is 38.2 Å². The molecule has 2 aromatic heterocycles. The van der Waals surface area contributed by atoms with Crippen molar-refractivity contribution in [3.05, 3.63) is 41.0 Å². The first kappa shape index (κ1) is 16.9. The molecule has 1 fully saturated rings. The minimum absolute atomic E-state index is 0.107. The van der Waals surface area contributed by atoms with E-state index < -0.39 is 5.97 Å². The van der Waals surface area contributed by atoms with Crippen molar-refractivity contribution in [1.82, 2.24) is 19.9 Å². The molecule has 2 aromatic rings. The van der Waals surface area contributed by atoms with Crippen LogP contribution in [0.4, 0.5) is 5.95 Å². The number of methoxy groups -OCH3 is 1. The van der Waals surface area contributed by atoms with E-state index in [1.165, 1.54) is 7.11 Å². The van der Waals surface area contributed by atoms with E-state index in [0.29, 0.717) is 54.6 Å². The van der Waals surface area contributed by atoms with Crippen LogP contribution in [0.5, 0.6) is 0 Å². The number of carbonyl (C=O) groups is 2. The maximum absolute atomic E-state index is 12.8. The Morgan fingerprint density at radius 2 is 1.76 bits per heavy atom. The summed E-state index contributed by atoms with van der Waals surface area (Å²) in [7, 11) is 1.33. The normalized spacial score (nSPS) is 14.5. The van der Waals surface area contributed by atoms with Gasteiger partial charge < -0.3 is 19.5 Å². The van der Waals surface area contributed by atoms with Crippen LogP contribution in [0.15, 0.2) is 18.5 Å². The molecule has 0 bridgehead atoms. The van der Waals surface area contributed by atoms with Crippen LogP contribution >= 0.6 is 0 Å². The Labute approximate surface area is 145 Å². The number of esters is 1. The van der Waals surface area contributed by atoms with Crippen molar-refractivity contribution in [3.8, 4) is 0 Å². The van der Waals surface area contributed by atoms with Gasteiger partial charge in [-0.15, -0.1) is 0 Å². The molecule has 0 unspecified atom stereocenters. The Morgan fingerprint density at radius 3 is 2.36 bits per heavy atom. The molecular formula is C17H21N5O3. The number of aromatic nitrogens is 3. The molecule has 3 rings (SSSR count). The van der Waals surface area contributed by atoms with Crippen molar-refractivity contribution < 1.29 is 14.3 Å². The number of ether oxygens (including phenoxy) is 1. The lowest BCUT2D eigenvalue weighted by molar-refractivity contribution is 0.0599. The minimum Gasteiger partial charge on any atom is -0.465 e. The van der Waals surface area contributed by atoms with E-state index >= 15 is 0 Å². The molecule has 0 aromatic carbocycles. The van der Waals surface area contributed by atoms with E-state index in [1.807, 2.05) is 0 Å². The molecule has 0 radical (unpaired) electrons. The Morgan fingerprint density at radius 1 is 1.12 bits per heavy atom. The molecule has 8 nitrogen and oxygen atoms in total. The third-order valence-electron chi connectivity index (χ3n) is 4.44. The van der Waals surface area contributed by atoms with E-state index in [1.54, 1.807) is 37.2 Å². The number of hydrogen-bond donors (Lipinski definition) is 1. The van der Waals surface area contributed by atoms with Crippen LogP contribution in [0.1, 0.15) is 32.1 Å². The zero-order chi connectivity index (χ0) is 18.0. The average molecular weight is 343 g/mol. The lowest BCUT2D eigenvalue weighted by Crippen LogP contribution is -2.49. The fourth-order valence-electron chi connectivity index (χ4n) is 3.09. The van der Waals surface area contributed by atoms with E-state index in [9.17, 15) is 9.59 Å². The van der Waals surface area contributed by atoms with Crippen molar-refractivity contribution in [2.45, 2.75) is 13.8 Å². The van der Waals surface area contributed by atoms with Crippen LogP contribution < -0.4 is 4.90 Å². The number of piperazine rings is 1. The summed E-state index contributed by atoms with van der Waals surface area (Å²) in [5.41, 5.74) is 2.15. The summed E-state index contributed by atoms with van der Waals surface area (Å²) in [6.07, 6.45) is 3.42. The van der Waals surface area contributed by atoms with Gasteiger partial charge in [-0.2, -0.15) is 0 Å². The van der Waals surface area contributed by atoms with Crippen molar-refractivity contribution >= 4 is 17.8 Å². The summed E-state index contributed by atoms with van der Waals surface area (Å²) in [6, 6.07) is 1.78. The monoisotopic (exact) mass is 343 g/mol. The SMILES string of the molecule is COC(=O)c1c(C)[nH]c(C(=O)N2CCN(c3ncccn3)CC2)c1C. The number of rotatable bonds is 3. The summed E-state index contributed by atoms with van der Waals surface area (Å²) in [5, 5.41) is 0. The smallest absolute Gasteiger partial charge is 0.339 e. The lowest BCUT2D eigenvalue weighted by atomic mass is 10.1. The molecule has 25 heavy (non-hydrogen) atoms. The summed E-state index contributed by atoms with van der Waals surface area (Å²) in [6.45, 7) is 6.00. The molecule has 1 amide bonds. The predicted octanol–water partition coefficient (Wildman–Crippen LogP) is 1.17. The highest BCUT2D eigenvalue weighted by molar-refractivity contribution is 6.00. The first-order chi connectivity index (χ1) is 12.0. The third kappa shape index (κ3) is 3.19. The van der Waals surface area contributed by atoms with Crippen molar-refractivity contribution in [2.24, 2.45) is 0 Å². The molecule has 0 aliphatic carbocycles. The number of aryl methyl sites for hydroxylation is 1. The van der Waals surface area contributed by atoms with Crippen LogP contribution in [-0.4, -0.2) is 65.0 Å². The standard InChI is InChI=1S/C17H21N5O3/c1-11-13(16(24)25-3)12(2)20-14(11)15(23)21-7-9-22(10-8-21)17-18-5-4-6-19-17/h4-6,20H,7-10H2,1-3H3. The summed E-state index contributed by atoms with van der Waals surface area (Å²) in [5.74, 6) is 0.134. The van der Waals surface area contributed by atoms with Crippen LogP contribution in [0.3, 0.4) is 0 Å². The van der Waals surface area contributed by atoms with Gasteiger partial charge in [0, 0.05) is 44.3 Å². The van der Waals surface area contributed by atoms with Gasteiger partial charge in [-0.05, 0) is 25.5 Å². The minimum atomic E-state index is -0.434. The number of nitrogens with one attached hydrogen (secondary N) is 1. The molecule has 8 heteroatoms. The molecular weight excluding hydrogens is 322 g/mol. The number of aromatic amines is 1. The maximum Gasteiger partial charge on any atom is 0.339 e. The van der Waals surface area contributed by atoms with Gasteiger partial charge in [0.2, 0.25) is 5.95 Å². The molecule has 1 aliphatic heterocycles. The second kappa shape index (κ2) is 6.92. The van der Waals surface area contributed by atoms with E-state index in [0.717, 1.165) is 0 Å². The van der Waals surface area contributed by atoms with Crippen LogP contribution in [0.2, 0.25) is 0 Å². The highest BCUT2D eigenvalue weighted by atomic mass is 16.5. The number of amides is 1. The summed E-state index contributed by atoms with van der Waals surface area (Å²) >= 11 is 0. The first-order valence-corrected chi connectivity index (χ1v) is 8.11. The summed E-state index contributed by atoms with van der Waals surface area (Å²) in [4.78, 5) is 40.1. The topological polar surface area (TPSA) is 91.4 Å². The maximum atomic E-state index is 12.8. The van der Waals surface area contributed by atoms with Crippen molar-refractivity contribution in [1.29, 1.82) is 0 Å². The second-order valence-corrected chi connectivity index (χ2v) is 5.94. The molecule has 1 aliphatic rings. The zero-order valence-electron chi connectivity index (χ0n) is 14.6. The molecule has 132 valence electrons. The molecule has 0 saturated carbocycles. The fourth-order valence-corrected chi connectivity index (χ4v) is 3.09. The predicted molar refractivity (Wildman–Crippen MR) is 91.8 cm³/mol. The average Bonchev–Trinajstić information content (AvgIpc) is 2.95. The van der Waals surface area contributed by atoms with Gasteiger partial charge in [-0.25, -0.2) is 14.8 Å². The van der Waals surface area contributed by atoms with Crippen molar-refractivity contribution in [3.63, 3.8) is 0 Å². The van der Waals surface area contributed by atoms with E-state index in [4.69, 9.17) is 4.74 Å². The Kier molecular flexibility index (Phi) is 4.69. The van der Waals surface area contributed by atoms with E-state index in [-0.39, 0.29) is 5.91 Å². The van der Waals surface area contributed by atoms with Crippen LogP contribution in [0, 0.1) is 13.8 Å². The number of carbonyl (C=O) groups excluding carboxylic acids is 2. The molecule has 1 N–H and O–H groups in total. The molecule has 1 saturated heterocycles. The third-order valence-corrected chi connectivity index (χ3v) is 4.44. The van der Waals surface area contributed by atoms with Gasteiger partial charge in [0.15, 0.2) is 0 Å².